The Labute approximate surface area is 210 Å². The summed E-state index contributed by atoms with van der Waals surface area (Å²) >= 11 is 0. The molecule has 0 fully saturated rings. The smallest absolute Gasteiger partial charge is 0.339 e. The number of aromatic nitrogens is 1. The quantitative estimate of drug-likeness (QED) is 0.339. The van der Waals surface area contributed by atoms with E-state index in [2.05, 4.69) is 11.4 Å². The first kappa shape index (κ1) is 23.8. The summed E-state index contributed by atoms with van der Waals surface area (Å²) in [7, 11) is 0. The van der Waals surface area contributed by atoms with Crippen molar-refractivity contribution in [2.45, 2.75) is 44.9 Å². The third-order valence-electron chi connectivity index (χ3n) is 6.87. The van der Waals surface area contributed by atoms with Crippen LogP contribution in [0.1, 0.15) is 65.7 Å². The van der Waals surface area contributed by atoms with Crippen LogP contribution in [-0.2, 0) is 16.0 Å². The molecule has 0 radical (unpaired) electrons. The molecule has 36 heavy (non-hydrogen) atoms. The van der Waals surface area contributed by atoms with Crippen LogP contribution in [0.4, 0.5) is 0 Å². The maximum atomic E-state index is 13.3. The van der Waals surface area contributed by atoms with Crippen LogP contribution in [0, 0.1) is 0 Å². The number of phenolic OH excluding ortho intramolecular Hbond substituents is 1. The number of fused-ring (bicyclic) bond motifs is 2. The lowest BCUT2D eigenvalue weighted by atomic mass is 9.97. The first-order valence-corrected chi connectivity index (χ1v) is 12.6. The van der Waals surface area contributed by atoms with Crippen molar-refractivity contribution in [3.05, 3.63) is 82.6 Å². The van der Waals surface area contributed by atoms with Gasteiger partial charge in [-0.1, -0.05) is 42.0 Å². The van der Waals surface area contributed by atoms with E-state index in [1.807, 2.05) is 42.5 Å². The van der Waals surface area contributed by atoms with Crippen LogP contribution in [0.3, 0.4) is 0 Å². The molecule has 2 aliphatic carbocycles. The Balaban J connectivity index is 1.33. The number of nitrogens with one attached hydrogen (secondary N) is 1. The highest BCUT2D eigenvalue weighted by molar-refractivity contribution is 6.07. The van der Waals surface area contributed by atoms with Crippen LogP contribution in [0.5, 0.6) is 5.75 Å². The third kappa shape index (κ3) is 5.33. The molecule has 2 aromatic carbocycles. The number of para-hydroxylation sites is 1. The van der Waals surface area contributed by atoms with Crippen molar-refractivity contribution in [1.82, 2.24) is 10.3 Å². The zero-order chi connectivity index (χ0) is 24.9. The fourth-order valence-corrected chi connectivity index (χ4v) is 5.03. The summed E-state index contributed by atoms with van der Waals surface area (Å²) < 4.78 is 5.49. The second-order valence-electron chi connectivity index (χ2n) is 9.38. The molecule has 1 aromatic heterocycles. The van der Waals surface area contributed by atoms with Crippen molar-refractivity contribution in [2.75, 3.05) is 13.2 Å². The largest absolute Gasteiger partial charge is 0.508 e. The monoisotopic (exact) mass is 482 g/mol. The molecule has 0 atom stereocenters. The minimum atomic E-state index is -0.499. The van der Waals surface area contributed by atoms with Crippen LogP contribution < -0.4 is 5.32 Å². The summed E-state index contributed by atoms with van der Waals surface area (Å²) in [4.78, 5) is 30.5. The van der Waals surface area contributed by atoms with Crippen LogP contribution in [0.25, 0.3) is 22.6 Å². The van der Waals surface area contributed by atoms with Crippen molar-refractivity contribution >= 4 is 34.4 Å². The van der Waals surface area contributed by atoms with Gasteiger partial charge in [-0.15, -0.1) is 0 Å². The Morgan fingerprint density at radius 2 is 1.86 bits per heavy atom. The SMILES string of the molecule is O=C(COC(=O)c1c2c(nc3ccccc13)C(=Cc1ccc(O)cc1)CC2)NCCC1=CCCCC1. The molecular weight excluding hydrogens is 452 g/mol. The van der Waals surface area contributed by atoms with E-state index in [0.717, 1.165) is 53.5 Å². The van der Waals surface area contributed by atoms with E-state index in [0.29, 0.717) is 24.0 Å². The number of ether oxygens (including phenoxy) is 1. The molecule has 0 saturated heterocycles. The summed E-state index contributed by atoms with van der Waals surface area (Å²) in [5.74, 6) is -0.572. The lowest BCUT2D eigenvalue weighted by Gasteiger charge is -2.14. The number of nitrogens with zero attached hydrogens (tertiary/aromatic N) is 1. The molecule has 6 heteroatoms. The number of allylic oxidation sites excluding steroid dienone is 2. The van der Waals surface area contributed by atoms with Gasteiger partial charge in [0.25, 0.3) is 5.91 Å². The van der Waals surface area contributed by atoms with Gasteiger partial charge in [0.1, 0.15) is 5.75 Å². The standard InChI is InChI=1S/C30H30N2O4/c33-23-13-10-21(11-14-23)18-22-12-15-25-28(24-8-4-5-9-26(24)32-29(22)25)30(35)36-19-27(34)31-17-16-20-6-2-1-3-7-20/h4-6,8-11,13-14,18,33H,1-3,7,12,15-17,19H2,(H,31,34). The van der Waals surface area contributed by atoms with Gasteiger partial charge in [-0.2, -0.15) is 0 Å². The molecule has 184 valence electrons. The molecule has 1 heterocycles. The van der Waals surface area contributed by atoms with E-state index < -0.39 is 5.97 Å². The van der Waals surface area contributed by atoms with Crippen LogP contribution in [0.15, 0.2) is 60.2 Å². The summed E-state index contributed by atoms with van der Waals surface area (Å²) in [5, 5.41) is 13.2. The summed E-state index contributed by atoms with van der Waals surface area (Å²) in [6.07, 6.45) is 11.3. The number of amides is 1. The number of carbonyl (C=O) groups is 2. The Morgan fingerprint density at radius 3 is 2.67 bits per heavy atom. The molecule has 0 bridgehead atoms. The second-order valence-corrected chi connectivity index (χ2v) is 9.38. The number of pyridine rings is 1. The van der Waals surface area contributed by atoms with Crippen molar-refractivity contribution in [3.8, 4) is 5.75 Å². The predicted octanol–water partition coefficient (Wildman–Crippen LogP) is 5.59. The van der Waals surface area contributed by atoms with Gasteiger partial charge in [-0.05, 0) is 85.9 Å². The van der Waals surface area contributed by atoms with E-state index >= 15 is 0 Å². The molecule has 0 unspecified atom stereocenters. The number of aromatic hydroxyl groups is 1. The maximum Gasteiger partial charge on any atom is 0.339 e. The van der Waals surface area contributed by atoms with Gasteiger partial charge in [0.15, 0.2) is 6.61 Å². The van der Waals surface area contributed by atoms with E-state index in [1.165, 1.54) is 18.4 Å². The molecule has 0 spiro atoms. The van der Waals surface area contributed by atoms with Gasteiger partial charge in [0.2, 0.25) is 0 Å². The van der Waals surface area contributed by atoms with Gasteiger partial charge in [0.05, 0.1) is 16.8 Å². The highest BCUT2D eigenvalue weighted by Crippen LogP contribution is 2.38. The second kappa shape index (κ2) is 10.8. The molecule has 6 nitrogen and oxygen atoms in total. The average molecular weight is 483 g/mol. The Morgan fingerprint density at radius 1 is 1.03 bits per heavy atom. The summed E-state index contributed by atoms with van der Waals surface area (Å²) in [5.41, 5.74) is 6.23. The van der Waals surface area contributed by atoms with E-state index in [9.17, 15) is 14.7 Å². The van der Waals surface area contributed by atoms with Crippen molar-refractivity contribution in [3.63, 3.8) is 0 Å². The van der Waals surface area contributed by atoms with E-state index in [4.69, 9.17) is 9.72 Å². The molecule has 2 N–H and O–H groups in total. The van der Waals surface area contributed by atoms with Gasteiger partial charge < -0.3 is 15.2 Å². The Hall–Kier alpha value is -3.93. The highest BCUT2D eigenvalue weighted by atomic mass is 16.5. The lowest BCUT2D eigenvalue weighted by Crippen LogP contribution is -2.30. The minimum Gasteiger partial charge on any atom is -0.508 e. The molecule has 1 amide bonds. The van der Waals surface area contributed by atoms with Crippen molar-refractivity contribution < 1.29 is 19.4 Å². The molecule has 2 aliphatic rings. The number of rotatable bonds is 7. The van der Waals surface area contributed by atoms with Crippen LogP contribution >= 0.6 is 0 Å². The van der Waals surface area contributed by atoms with Gasteiger partial charge in [-0.25, -0.2) is 9.78 Å². The van der Waals surface area contributed by atoms with Gasteiger partial charge >= 0.3 is 5.97 Å². The fraction of sp³-hybridized carbons (Fsp3) is 0.300. The zero-order valence-electron chi connectivity index (χ0n) is 20.3. The first-order chi connectivity index (χ1) is 17.6. The normalized spacial score (nSPS) is 16.0. The lowest BCUT2D eigenvalue weighted by molar-refractivity contribution is -0.124. The van der Waals surface area contributed by atoms with Crippen molar-refractivity contribution in [1.29, 1.82) is 0 Å². The minimum absolute atomic E-state index is 0.216. The number of hydrogen-bond donors (Lipinski definition) is 2. The van der Waals surface area contributed by atoms with Crippen molar-refractivity contribution in [2.24, 2.45) is 0 Å². The molecule has 0 saturated carbocycles. The average Bonchev–Trinajstić information content (AvgIpc) is 3.29. The van der Waals surface area contributed by atoms with Crippen LogP contribution in [0.2, 0.25) is 0 Å². The first-order valence-electron chi connectivity index (χ1n) is 12.6. The molecule has 0 aliphatic heterocycles. The number of carbonyl (C=O) groups excluding carboxylic acids is 2. The summed E-state index contributed by atoms with van der Waals surface area (Å²) in [6.45, 7) is 0.251. The molecular formula is C30H30N2O4. The van der Waals surface area contributed by atoms with Crippen LogP contribution in [-0.4, -0.2) is 35.1 Å². The van der Waals surface area contributed by atoms with Gasteiger partial charge in [0, 0.05) is 11.9 Å². The number of hydrogen-bond acceptors (Lipinski definition) is 5. The third-order valence-corrected chi connectivity index (χ3v) is 6.87. The Bertz CT molecular complexity index is 1360. The van der Waals surface area contributed by atoms with E-state index in [1.54, 1.807) is 12.1 Å². The summed E-state index contributed by atoms with van der Waals surface area (Å²) in [6, 6.07) is 14.5. The molecule has 5 rings (SSSR count). The molecule has 3 aromatic rings. The number of esters is 1. The number of phenols is 1. The predicted molar refractivity (Wildman–Crippen MR) is 141 cm³/mol. The highest BCUT2D eigenvalue weighted by Gasteiger charge is 2.28. The Kier molecular flexibility index (Phi) is 7.12. The fourth-order valence-electron chi connectivity index (χ4n) is 5.03. The zero-order valence-corrected chi connectivity index (χ0v) is 20.3. The number of benzene rings is 2. The van der Waals surface area contributed by atoms with Gasteiger partial charge in [-0.3, -0.25) is 4.79 Å². The topological polar surface area (TPSA) is 88.5 Å². The van der Waals surface area contributed by atoms with E-state index in [-0.39, 0.29) is 18.3 Å². The maximum absolute atomic E-state index is 13.3.